The average Bonchev–Trinajstić information content (AvgIpc) is 3.35. The molecular weight excluding hydrogens is 377 g/mol. The lowest BCUT2D eigenvalue weighted by Crippen LogP contribution is -2.31. The van der Waals surface area contributed by atoms with Gasteiger partial charge in [0.25, 0.3) is 5.91 Å². The first-order valence-electron chi connectivity index (χ1n) is 8.43. The molecule has 1 amide bonds. The lowest BCUT2D eigenvalue weighted by molar-refractivity contribution is 0.102. The van der Waals surface area contributed by atoms with Crippen LogP contribution in [0.5, 0.6) is 0 Å². The van der Waals surface area contributed by atoms with Crippen LogP contribution in [0.25, 0.3) is 0 Å². The van der Waals surface area contributed by atoms with Gasteiger partial charge in [0.15, 0.2) is 5.13 Å². The number of hydrogen-bond donors (Lipinski definition) is 1. The largest absolute Gasteiger partial charge is 0.298 e. The predicted octanol–water partition coefficient (Wildman–Crippen LogP) is 3.44. The van der Waals surface area contributed by atoms with Crippen molar-refractivity contribution in [1.82, 2.24) is 9.29 Å². The molecule has 0 bridgehead atoms. The highest BCUT2D eigenvalue weighted by Gasteiger charge is 2.28. The maximum Gasteiger partial charge on any atom is 0.257 e. The van der Waals surface area contributed by atoms with Crippen molar-refractivity contribution >= 4 is 32.4 Å². The minimum absolute atomic E-state index is 0.0697. The predicted molar refractivity (Wildman–Crippen MR) is 98.5 cm³/mol. The van der Waals surface area contributed by atoms with Gasteiger partial charge in [-0.1, -0.05) is 13.8 Å². The Labute approximate surface area is 156 Å². The van der Waals surface area contributed by atoms with Gasteiger partial charge < -0.3 is 0 Å². The Kier molecular flexibility index (Phi) is 5.40. The maximum absolute atomic E-state index is 14.1. The molecule has 1 aromatic carbocycles. The first-order valence-corrected chi connectivity index (χ1v) is 10.7. The van der Waals surface area contributed by atoms with Gasteiger partial charge >= 0.3 is 0 Å². The van der Waals surface area contributed by atoms with Crippen LogP contribution in [0.2, 0.25) is 0 Å². The van der Waals surface area contributed by atoms with Crippen molar-refractivity contribution in [2.24, 2.45) is 0 Å². The maximum atomic E-state index is 14.1. The van der Waals surface area contributed by atoms with Crippen molar-refractivity contribution < 1.29 is 17.6 Å². The fourth-order valence-electron chi connectivity index (χ4n) is 2.62. The van der Waals surface area contributed by atoms with E-state index in [1.165, 1.54) is 17.4 Å². The van der Waals surface area contributed by atoms with E-state index < -0.39 is 26.6 Å². The average molecular weight is 397 g/mol. The van der Waals surface area contributed by atoms with Gasteiger partial charge in [-0.15, -0.1) is 11.3 Å². The standard InChI is InChI=1S/C17H20FN3O3S2/c1-3-21(4-2)26(23,24)15-9-12(7-8-13(15)18)16(22)20-17-19-14(10-25-17)11-5-6-11/h7-11H,3-6H2,1-2H3,(H,19,20,22). The summed E-state index contributed by atoms with van der Waals surface area (Å²) in [5.74, 6) is -0.912. The van der Waals surface area contributed by atoms with E-state index in [9.17, 15) is 17.6 Å². The molecule has 0 radical (unpaired) electrons. The number of aromatic nitrogens is 1. The van der Waals surface area contributed by atoms with Gasteiger partial charge in [-0.25, -0.2) is 17.8 Å². The van der Waals surface area contributed by atoms with E-state index in [1.807, 2.05) is 5.38 Å². The summed E-state index contributed by atoms with van der Waals surface area (Å²) >= 11 is 1.32. The zero-order valence-corrected chi connectivity index (χ0v) is 16.2. The number of hydrogen-bond acceptors (Lipinski definition) is 5. The number of amides is 1. The number of carbonyl (C=O) groups is 1. The summed E-state index contributed by atoms with van der Waals surface area (Å²) in [6.07, 6.45) is 2.23. The van der Waals surface area contributed by atoms with Crippen molar-refractivity contribution in [1.29, 1.82) is 0 Å². The number of thiazole rings is 1. The Hall–Kier alpha value is -1.84. The van der Waals surface area contributed by atoms with Crippen molar-refractivity contribution in [3.63, 3.8) is 0 Å². The molecule has 1 saturated carbocycles. The number of anilines is 1. The molecule has 1 aromatic heterocycles. The lowest BCUT2D eigenvalue weighted by Gasteiger charge is -2.19. The Morgan fingerprint density at radius 3 is 2.65 bits per heavy atom. The normalized spacial score (nSPS) is 14.6. The quantitative estimate of drug-likeness (QED) is 0.776. The number of nitrogens with one attached hydrogen (secondary N) is 1. The summed E-state index contributed by atoms with van der Waals surface area (Å²) < 4.78 is 40.4. The highest BCUT2D eigenvalue weighted by Crippen LogP contribution is 2.40. The van der Waals surface area contributed by atoms with Crippen LogP contribution in [-0.2, 0) is 10.0 Å². The van der Waals surface area contributed by atoms with Crippen LogP contribution < -0.4 is 5.32 Å². The van der Waals surface area contributed by atoms with E-state index >= 15 is 0 Å². The molecule has 6 nitrogen and oxygen atoms in total. The molecule has 1 heterocycles. The van der Waals surface area contributed by atoms with Crippen molar-refractivity contribution in [2.45, 2.75) is 37.5 Å². The van der Waals surface area contributed by atoms with Crippen LogP contribution in [0.15, 0.2) is 28.5 Å². The lowest BCUT2D eigenvalue weighted by atomic mass is 10.2. The molecule has 0 spiro atoms. The molecule has 0 unspecified atom stereocenters. The van der Waals surface area contributed by atoms with Crippen LogP contribution >= 0.6 is 11.3 Å². The Morgan fingerprint density at radius 2 is 2.04 bits per heavy atom. The zero-order chi connectivity index (χ0) is 18.9. The number of carbonyl (C=O) groups excluding carboxylic acids is 1. The Balaban J connectivity index is 1.84. The molecule has 0 aliphatic heterocycles. The van der Waals surface area contributed by atoms with E-state index in [0.717, 1.165) is 35.0 Å². The van der Waals surface area contributed by atoms with Gasteiger partial charge in [-0.2, -0.15) is 4.31 Å². The van der Waals surface area contributed by atoms with Gasteiger partial charge in [0.2, 0.25) is 10.0 Å². The van der Waals surface area contributed by atoms with E-state index in [-0.39, 0.29) is 18.7 Å². The fourth-order valence-corrected chi connectivity index (χ4v) is 4.96. The van der Waals surface area contributed by atoms with Gasteiger partial charge in [-0.3, -0.25) is 10.1 Å². The summed E-state index contributed by atoms with van der Waals surface area (Å²) in [6, 6.07) is 3.35. The van der Waals surface area contributed by atoms with Crippen molar-refractivity contribution in [2.75, 3.05) is 18.4 Å². The third-order valence-electron chi connectivity index (χ3n) is 4.25. The number of nitrogens with zero attached hydrogens (tertiary/aromatic N) is 2. The monoisotopic (exact) mass is 397 g/mol. The molecule has 2 aromatic rings. The van der Waals surface area contributed by atoms with E-state index in [4.69, 9.17) is 0 Å². The minimum atomic E-state index is -3.99. The molecule has 140 valence electrons. The minimum Gasteiger partial charge on any atom is -0.298 e. The fraction of sp³-hybridized carbons (Fsp3) is 0.412. The van der Waals surface area contributed by atoms with Gasteiger partial charge in [0, 0.05) is 30.0 Å². The van der Waals surface area contributed by atoms with Crippen molar-refractivity contribution in [3.05, 3.63) is 40.7 Å². The van der Waals surface area contributed by atoms with Crippen LogP contribution in [-0.4, -0.2) is 36.7 Å². The second-order valence-electron chi connectivity index (χ2n) is 6.04. The number of sulfonamides is 1. The third-order valence-corrected chi connectivity index (χ3v) is 7.10. The SMILES string of the molecule is CCN(CC)S(=O)(=O)c1cc(C(=O)Nc2nc(C3CC3)cs2)ccc1F. The van der Waals surface area contributed by atoms with Crippen LogP contribution in [0.4, 0.5) is 9.52 Å². The summed E-state index contributed by atoms with van der Waals surface area (Å²) in [5.41, 5.74) is 1.04. The molecule has 1 N–H and O–H groups in total. The van der Waals surface area contributed by atoms with Crippen LogP contribution in [0.1, 0.15) is 48.7 Å². The van der Waals surface area contributed by atoms with Gasteiger partial charge in [0.05, 0.1) is 5.69 Å². The molecule has 3 rings (SSSR count). The smallest absolute Gasteiger partial charge is 0.257 e. The number of benzene rings is 1. The molecule has 1 fully saturated rings. The van der Waals surface area contributed by atoms with E-state index in [1.54, 1.807) is 13.8 Å². The number of halogens is 1. The summed E-state index contributed by atoms with van der Waals surface area (Å²) in [5, 5.41) is 5.02. The molecular formula is C17H20FN3O3S2. The summed E-state index contributed by atoms with van der Waals surface area (Å²) in [6.45, 7) is 3.79. The highest BCUT2D eigenvalue weighted by atomic mass is 32.2. The van der Waals surface area contributed by atoms with E-state index in [2.05, 4.69) is 10.3 Å². The Bertz CT molecular complexity index is 919. The highest BCUT2D eigenvalue weighted by molar-refractivity contribution is 7.89. The second-order valence-corrected chi connectivity index (χ2v) is 8.80. The van der Waals surface area contributed by atoms with E-state index in [0.29, 0.717) is 11.0 Å². The first-order chi connectivity index (χ1) is 12.4. The van der Waals surface area contributed by atoms with Gasteiger partial charge in [0.1, 0.15) is 10.7 Å². The van der Waals surface area contributed by atoms with Crippen LogP contribution in [0, 0.1) is 5.82 Å². The molecule has 0 atom stereocenters. The third kappa shape index (κ3) is 3.79. The summed E-state index contributed by atoms with van der Waals surface area (Å²) in [4.78, 5) is 16.3. The number of rotatable bonds is 7. The van der Waals surface area contributed by atoms with Gasteiger partial charge in [-0.05, 0) is 31.0 Å². The molecule has 9 heteroatoms. The first kappa shape index (κ1) is 18.9. The van der Waals surface area contributed by atoms with Crippen LogP contribution in [0.3, 0.4) is 0 Å². The molecule has 1 aliphatic carbocycles. The second kappa shape index (κ2) is 7.42. The summed E-state index contributed by atoms with van der Waals surface area (Å²) in [7, 11) is -3.99. The topological polar surface area (TPSA) is 79.4 Å². The Morgan fingerprint density at radius 1 is 1.35 bits per heavy atom. The molecule has 1 aliphatic rings. The molecule has 0 saturated heterocycles. The zero-order valence-electron chi connectivity index (χ0n) is 14.5. The molecule has 26 heavy (non-hydrogen) atoms. The van der Waals surface area contributed by atoms with Crippen molar-refractivity contribution in [3.8, 4) is 0 Å².